The number of ether oxygens (including phenoxy) is 1. The summed E-state index contributed by atoms with van der Waals surface area (Å²) >= 11 is 6.18. The number of rotatable bonds is 2. The molecule has 0 spiro atoms. The van der Waals surface area contributed by atoms with Crippen LogP contribution in [-0.4, -0.2) is 19.8 Å². The summed E-state index contributed by atoms with van der Waals surface area (Å²) in [5, 5.41) is 11.0. The van der Waals surface area contributed by atoms with Crippen molar-refractivity contribution in [3.63, 3.8) is 0 Å². The molecule has 0 bridgehead atoms. The van der Waals surface area contributed by atoms with E-state index in [1.807, 2.05) is 0 Å². The van der Waals surface area contributed by atoms with Crippen LogP contribution in [-0.2, 0) is 6.18 Å². The van der Waals surface area contributed by atoms with Gasteiger partial charge in [0.15, 0.2) is 11.4 Å². The number of aromatic nitrogens is 4. The zero-order valence-electron chi connectivity index (χ0n) is 13.4. The summed E-state index contributed by atoms with van der Waals surface area (Å²) in [5.41, 5.74) is 0.238. The summed E-state index contributed by atoms with van der Waals surface area (Å²) < 4.78 is 50.0. The van der Waals surface area contributed by atoms with Gasteiger partial charge in [-0.05, 0) is 24.6 Å². The number of hydrogen-bond acceptors (Lipinski definition) is 6. The summed E-state index contributed by atoms with van der Waals surface area (Å²) in [6.07, 6.45) is -4.73. The second-order valence-corrected chi connectivity index (χ2v) is 6.00. The van der Waals surface area contributed by atoms with Crippen LogP contribution in [0.1, 0.15) is 11.4 Å². The Morgan fingerprint density at radius 2 is 1.96 bits per heavy atom. The van der Waals surface area contributed by atoms with E-state index in [1.165, 1.54) is 30.3 Å². The van der Waals surface area contributed by atoms with Crippen LogP contribution < -0.4 is 10.4 Å². The van der Waals surface area contributed by atoms with Crippen molar-refractivity contribution >= 4 is 28.2 Å². The van der Waals surface area contributed by atoms with Gasteiger partial charge in [-0.2, -0.15) is 17.7 Å². The third-order valence-corrected chi connectivity index (χ3v) is 4.01. The van der Waals surface area contributed by atoms with Crippen molar-refractivity contribution in [3.05, 3.63) is 57.2 Å². The quantitative estimate of drug-likeness (QED) is 0.476. The lowest BCUT2D eigenvalue weighted by atomic mass is 10.1. The van der Waals surface area contributed by atoms with Gasteiger partial charge in [-0.15, -0.1) is 15.3 Å². The van der Waals surface area contributed by atoms with Crippen molar-refractivity contribution in [2.45, 2.75) is 13.1 Å². The predicted molar refractivity (Wildman–Crippen MR) is 88.1 cm³/mol. The molecule has 0 saturated heterocycles. The summed E-state index contributed by atoms with van der Waals surface area (Å²) in [6, 6.07) is 6.80. The van der Waals surface area contributed by atoms with Crippen molar-refractivity contribution in [2.75, 3.05) is 0 Å². The van der Waals surface area contributed by atoms with Crippen molar-refractivity contribution in [1.82, 2.24) is 19.8 Å². The Morgan fingerprint density at radius 3 is 2.70 bits per heavy atom. The van der Waals surface area contributed by atoms with Crippen LogP contribution in [0.4, 0.5) is 13.2 Å². The standard InChI is InChI=1S/C16H8ClF3N4O3/c1-7-4-14(25)27-10-6-11(9(17)5-8(7)10)26-13-3-2-12-21-22-15(16(18,19)20)24(12)23-13/h2-6H,1H3. The van der Waals surface area contributed by atoms with E-state index < -0.39 is 17.6 Å². The first-order valence-corrected chi connectivity index (χ1v) is 7.82. The van der Waals surface area contributed by atoms with E-state index in [0.717, 1.165) is 0 Å². The Bertz CT molecular complexity index is 1250. The van der Waals surface area contributed by atoms with Gasteiger partial charge in [0.25, 0.3) is 5.82 Å². The molecule has 0 fully saturated rings. The maximum atomic E-state index is 13.0. The van der Waals surface area contributed by atoms with Gasteiger partial charge in [0.05, 0.1) is 5.02 Å². The van der Waals surface area contributed by atoms with Crippen molar-refractivity contribution in [1.29, 1.82) is 0 Å². The lowest BCUT2D eigenvalue weighted by Crippen LogP contribution is -2.12. The Morgan fingerprint density at radius 1 is 1.19 bits per heavy atom. The molecule has 0 aliphatic heterocycles. The number of hydrogen-bond donors (Lipinski definition) is 0. The number of aryl methyl sites for hydroxylation is 1. The molecule has 0 amide bonds. The van der Waals surface area contributed by atoms with Gasteiger partial charge < -0.3 is 9.15 Å². The lowest BCUT2D eigenvalue weighted by Gasteiger charge is -2.09. The predicted octanol–water partition coefficient (Wildman–Crippen LogP) is 4.00. The van der Waals surface area contributed by atoms with Crippen LogP contribution in [0.2, 0.25) is 5.02 Å². The highest BCUT2D eigenvalue weighted by Gasteiger charge is 2.37. The fourth-order valence-corrected chi connectivity index (χ4v) is 2.72. The fourth-order valence-electron chi connectivity index (χ4n) is 2.51. The smallest absolute Gasteiger partial charge is 0.436 e. The second-order valence-electron chi connectivity index (χ2n) is 5.59. The number of halogens is 4. The summed E-state index contributed by atoms with van der Waals surface area (Å²) in [6.45, 7) is 1.72. The molecule has 4 aromatic rings. The number of nitrogens with zero attached hydrogens (tertiary/aromatic N) is 4. The molecule has 4 rings (SSSR count). The average Bonchev–Trinajstić information content (AvgIpc) is 3.00. The van der Waals surface area contributed by atoms with Gasteiger partial charge in [0, 0.05) is 23.6 Å². The van der Waals surface area contributed by atoms with Crippen LogP contribution in [0.25, 0.3) is 16.6 Å². The molecule has 0 aliphatic carbocycles. The van der Waals surface area contributed by atoms with Gasteiger partial charge in [-0.3, -0.25) is 0 Å². The number of benzene rings is 1. The molecule has 27 heavy (non-hydrogen) atoms. The van der Waals surface area contributed by atoms with Crippen LogP contribution in [0, 0.1) is 6.92 Å². The van der Waals surface area contributed by atoms with E-state index in [-0.39, 0.29) is 27.9 Å². The van der Waals surface area contributed by atoms with Crippen LogP contribution in [0.15, 0.2) is 39.5 Å². The molecule has 3 aromatic heterocycles. The molecule has 11 heteroatoms. The SMILES string of the molecule is Cc1cc(=O)oc2cc(Oc3ccc4nnc(C(F)(F)F)n4n3)c(Cl)cc12. The van der Waals surface area contributed by atoms with E-state index >= 15 is 0 Å². The first kappa shape index (κ1) is 17.3. The minimum atomic E-state index is -4.73. The molecular weight excluding hydrogens is 389 g/mol. The normalized spacial score (nSPS) is 12.0. The maximum Gasteiger partial charge on any atom is 0.453 e. The van der Waals surface area contributed by atoms with Gasteiger partial charge >= 0.3 is 11.8 Å². The lowest BCUT2D eigenvalue weighted by molar-refractivity contribution is -0.146. The Balaban J connectivity index is 1.80. The summed E-state index contributed by atoms with van der Waals surface area (Å²) in [7, 11) is 0. The monoisotopic (exact) mass is 396 g/mol. The molecule has 3 heterocycles. The van der Waals surface area contributed by atoms with Crippen LogP contribution >= 0.6 is 11.6 Å². The molecule has 138 valence electrons. The van der Waals surface area contributed by atoms with Gasteiger partial charge in [-0.1, -0.05) is 11.6 Å². The molecule has 0 unspecified atom stereocenters. The molecule has 0 N–H and O–H groups in total. The highest BCUT2D eigenvalue weighted by molar-refractivity contribution is 6.32. The minimum Gasteiger partial charge on any atom is -0.436 e. The minimum absolute atomic E-state index is 0.0615. The van der Waals surface area contributed by atoms with E-state index in [4.69, 9.17) is 20.8 Å². The molecule has 7 nitrogen and oxygen atoms in total. The molecule has 0 atom stereocenters. The molecule has 0 aliphatic rings. The maximum absolute atomic E-state index is 13.0. The summed E-state index contributed by atoms with van der Waals surface area (Å²) in [5.74, 6) is -1.40. The van der Waals surface area contributed by atoms with Crippen LogP contribution in [0.5, 0.6) is 11.6 Å². The summed E-state index contributed by atoms with van der Waals surface area (Å²) in [4.78, 5) is 11.5. The Hall–Kier alpha value is -3.14. The molecule has 0 radical (unpaired) electrons. The first-order valence-electron chi connectivity index (χ1n) is 7.44. The Labute approximate surface area is 152 Å². The topological polar surface area (TPSA) is 82.5 Å². The largest absolute Gasteiger partial charge is 0.453 e. The molecular formula is C16H8ClF3N4O3. The number of alkyl halides is 3. The van der Waals surface area contributed by atoms with Crippen molar-refractivity contribution < 1.29 is 22.3 Å². The van der Waals surface area contributed by atoms with Gasteiger partial charge in [0.1, 0.15) is 5.58 Å². The van der Waals surface area contributed by atoms with Crippen LogP contribution in [0.3, 0.4) is 0 Å². The highest BCUT2D eigenvalue weighted by Crippen LogP contribution is 2.34. The molecule has 0 saturated carbocycles. The zero-order chi connectivity index (χ0) is 19.3. The van der Waals surface area contributed by atoms with E-state index in [1.54, 1.807) is 6.92 Å². The first-order chi connectivity index (χ1) is 12.7. The van der Waals surface area contributed by atoms with Crippen molar-refractivity contribution in [2.24, 2.45) is 0 Å². The van der Waals surface area contributed by atoms with E-state index in [2.05, 4.69) is 15.3 Å². The third kappa shape index (κ3) is 3.08. The van der Waals surface area contributed by atoms with Gasteiger partial charge in [0.2, 0.25) is 5.88 Å². The Kier molecular flexibility index (Phi) is 3.81. The second kappa shape index (κ2) is 5.95. The average molecular weight is 397 g/mol. The highest BCUT2D eigenvalue weighted by atomic mass is 35.5. The van der Waals surface area contributed by atoms with E-state index in [9.17, 15) is 18.0 Å². The molecule has 1 aromatic carbocycles. The fraction of sp³-hybridized carbons (Fsp3) is 0.125. The van der Waals surface area contributed by atoms with Gasteiger partial charge in [-0.25, -0.2) is 4.79 Å². The number of fused-ring (bicyclic) bond motifs is 2. The zero-order valence-corrected chi connectivity index (χ0v) is 14.2. The third-order valence-electron chi connectivity index (χ3n) is 3.71. The van der Waals surface area contributed by atoms with E-state index in [0.29, 0.717) is 15.5 Å². The van der Waals surface area contributed by atoms with Crippen molar-refractivity contribution in [3.8, 4) is 11.6 Å².